The summed E-state index contributed by atoms with van der Waals surface area (Å²) in [5.74, 6) is 1.37. The molecule has 27 heavy (non-hydrogen) atoms. The zero-order valence-electron chi connectivity index (χ0n) is 15.2. The molecule has 0 fully saturated rings. The van der Waals surface area contributed by atoms with Gasteiger partial charge in [-0.1, -0.05) is 0 Å². The number of pyridine rings is 1. The maximum absolute atomic E-state index is 12.1. The normalized spacial score (nSPS) is 13.5. The van der Waals surface area contributed by atoms with Crippen molar-refractivity contribution in [2.24, 2.45) is 0 Å². The number of anilines is 1. The molecule has 0 aliphatic heterocycles. The number of fused-ring (bicyclic) bond motifs is 1. The number of aromatic nitrogens is 3. The van der Waals surface area contributed by atoms with Crippen molar-refractivity contribution in [1.82, 2.24) is 15.0 Å². The molecule has 0 saturated carbocycles. The minimum Gasteiger partial charge on any atom is -0.488 e. The molecule has 0 radical (unpaired) electrons. The van der Waals surface area contributed by atoms with E-state index in [0.717, 1.165) is 21.2 Å². The van der Waals surface area contributed by atoms with Gasteiger partial charge in [0.1, 0.15) is 24.5 Å². The third-order valence-corrected chi connectivity index (χ3v) is 5.61. The van der Waals surface area contributed by atoms with Crippen molar-refractivity contribution in [2.45, 2.75) is 31.4 Å². The van der Waals surface area contributed by atoms with Gasteiger partial charge >= 0.3 is 0 Å². The van der Waals surface area contributed by atoms with Crippen LogP contribution in [0, 0.1) is 4.78 Å². The van der Waals surface area contributed by atoms with E-state index in [2.05, 4.69) is 36.2 Å². The van der Waals surface area contributed by atoms with Crippen LogP contribution in [0.15, 0.2) is 46.3 Å². The molecular weight excluding hydrogens is 430 g/mol. The van der Waals surface area contributed by atoms with Crippen LogP contribution in [-0.2, 0) is 16.3 Å². The Bertz CT molecular complexity index is 1090. The van der Waals surface area contributed by atoms with Crippen molar-refractivity contribution < 1.29 is 8.95 Å². The highest BCUT2D eigenvalue weighted by Gasteiger charge is 2.13. The second-order valence-corrected chi connectivity index (χ2v) is 9.42. The molecule has 3 aromatic rings. The van der Waals surface area contributed by atoms with Crippen LogP contribution in [0.3, 0.4) is 0 Å². The summed E-state index contributed by atoms with van der Waals surface area (Å²) < 4.78 is 26.6. The van der Waals surface area contributed by atoms with Gasteiger partial charge in [-0.25, -0.2) is 19.0 Å². The lowest BCUT2D eigenvalue weighted by Gasteiger charge is -2.14. The zero-order valence-corrected chi connectivity index (χ0v) is 17.6. The van der Waals surface area contributed by atoms with E-state index in [9.17, 15) is 4.21 Å². The van der Waals surface area contributed by atoms with E-state index in [0.29, 0.717) is 16.2 Å². The van der Waals surface area contributed by atoms with Crippen LogP contribution in [0.25, 0.3) is 10.9 Å². The van der Waals surface area contributed by atoms with Crippen molar-refractivity contribution in [2.75, 3.05) is 11.6 Å². The summed E-state index contributed by atoms with van der Waals surface area (Å²) in [5.41, 5.74) is 1.42. The smallest absolute Gasteiger partial charge is 0.137 e. The molecule has 1 atom stereocenters. The van der Waals surface area contributed by atoms with Gasteiger partial charge in [0.15, 0.2) is 0 Å². The molecular formula is C18H20BrN5O2S. The van der Waals surface area contributed by atoms with Crippen molar-refractivity contribution in [3.05, 3.63) is 47.0 Å². The second-order valence-electron chi connectivity index (χ2n) is 6.44. The van der Waals surface area contributed by atoms with Crippen molar-refractivity contribution >= 4 is 42.4 Å². The third-order valence-electron chi connectivity index (χ3n) is 3.79. The summed E-state index contributed by atoms with van der Waals surface area (Å²) in [5, 5.41) is 4.19. The fourth-order valence-corrected chi connectivity index (χ4v) is 3.94. The molecule has 0 aliphatic rings. The molecule has 0 saturated heterocycles. The molecule has 0 spiro atoms. The Kier molecular flexibility index (Phi) is 5.61. The van der Waals surface area contributed by atoms with Crippen LogP contribution in [0.1, 0.15) is 19.4 Å². The first-order chi connectivity index (χ1) is 12.8. The lowest BCUT2D eigenvalue weighted by atomic mass is 10.2. The molecule has 9 heteroatoms. The Morgan fingerprint density at radius 3 is 2.81 bits per heavy atom. The number of ether oxygens (including phenoxy) is 1. The minimum absolute atomic E-state index is 0.174. The maximum atomic E-state index is 12.1. The number of halogens is 1. The zero-order chi connectivity index (χ0) is 19.6. The van der Waals surface area contributed by atoms with Gasteiger partial charge in [0.05, 0.1) is 24.6 Å². The molecule has 3 rings (SSSR count). The number of hydrogen-bond donors (Lipinski definition) is 2. The molecule has 2 heterocycles. The van der Waals surface area contributed by atoms with Crippen molar-refractivity contribution in [3.8, 4) is 5.75 Å². The summed E-state index contributed by atoms with van der Waals surface area (Å²) in [6, 6.07) is 5.71. The van der Waals surface area contributed by atoms with E-state index in [4.69, 9.17) is 9.52 Å². The van der Waals surface area contributed by atoms with E-state index in [1.165, 1.54) is 18.8 Å². The van der Waals surface area contributed by atoms with E-state index in [1.807, 2.05) is 26.0 Å². The van der Waals surface area contributed by atoms with Gasteiger partial charge in [0.25, 0.3) is 0 Å². The first-order valence-corrected chi connectivity index (χ1v) is 11.0. The van der Waals surface area contributed by atoms with Gasteiger partial charge in [-0.15, -0.1) is 0 Å². The van der Waals surface area contributed by atoms with Crippen LogP contribution >= 0.6 is 15.9 Å². The number of nitrogens with one attached hydrogen (secondary N) is 2. The number of rotatable bonds is 6. The monoisotopic (exact) mass is 449 g/mol. The molecule has 1 unspecified atom stereocenters. The van der Waals surface area contributed by atoms with Crippen LogP contribution in [0.4, 0.5) is 5.82 Å². The highest BCUT2D eigenvalue weighted by Crippen LogP contribution is 2.33. The highest BCUT2D eigenvalue weighted by molar-refractivity contribution is 9.10. The van der Waals surface area contributed by atoms with E-state index in [-0.39, 0.29) is 12.6 Å². The largest absolute Gasteiger partial charge is 0.488 e. The minimum atomic E-state index is -2.88. The van der Waals surface area contributed by atoms with Gasteiger partial charge < -0.3 is 10.1 Å². The lowest BCUT2D eigenvalue weighted by Crippen LogP contribution is -2.11. The molecule has 2 N–H and O–H groups in total. The highest BCUT2D eigenvalue weighted by atomic mass is 79.9. The molecule has 142 valence electrons. The third kappa shape index (κ3) is 4.54. The van der Waals surface area contributed by atoms with Crippen LogP contribution in [-0.4, -0.2) is 31.5 Å². The van der Waals surface area contributed by atoms with E-state index < -0.39 is 9.73 Å². The van der Waals surface area contributed by atoms with Crippen LogP contribution in [0.5, 0.6) is 5.75 Å². The molecule has 0 aliphatic carbocycles. The predicted molar refractivity (Wildman–Crippen MR) is 110 cm³/mol. The van der Waals surface area contributed by atoms with Gasteiger partial charge in [-0.2, -0.15) is 0 Å². The number of benzene rings is 1. The lowest BCUT2D eigenvalue weighted by molar-refractivity contribution is 0.301. The molecule has 0 bridgehead atoms. The summed E-state index contributed by atoms with van der Waals surface area (Å²) >= 11 is 3.54. The summed E-state index contributed by atoms with van der Waals surface area (Å²) in [6.45, 7) is 4.27. The summed E-state index contributed by atoms with van der Waals surface area (Å²) in [4.78, 5) is 13.0. The standard InChI is InChI=1S/C18H20BrN5O2S/c1-11(2)24-18-13-6-14(19)16(7-15(13)22-10-23-18)26-9-12-4-5-21-8-17(12)27(3,20)25/h4-8,10-11,20H,9H2,1-3H3,(H,22,23,24). The maximum Gasteiger partial charge on any atom is 0.137 e. The summed E-state index contributed by atoms with van der Waals surface area (Å²) in [6.07, 6.45) is 5.94. The second kappa shape index (κ2) is 7.77. The topological polar surface area (TPSA) is 101 Å². The predicted octanol–water partition coefficient (Wildman–Crippen LogP) is 4.22. The van der Waals surface area contributed by atoms with Crippen molar-refractivity contribution in [3.63, 3.8) is 0 Å². The fraction of sp³-hybridized carbons (Fsp3) is 0.278. The average Bonchev–Trinajstić information content (AvgIpc) is 2.59. The Morgan fingerprint density at radius 2 is 2.11 bits per heavy atom. The Morgan fingerprint density at radius 1 is 1.33 bits per heavy atom. The summed E-state index contributed by atoms with van der Waals surface area (Å²) in [7, 11) is -2.88. The fourth-order valence-electron chi connectivity index (χ4n) is 2.59. The van der Waals surface area contributed by atoms with Crippen LogP contribution in [0.2, 0.25) is 0 Å². The number of hydrogen-bond acceptors (Lipinski definition) is 7. The van der Waals surface area contributed by atoms with Gasteiger partial charge in [0, 0.05) is 41.7 Å². The Hall–Kier alpha value is -2.26. The number of nitrogens with zero attached hydrogens (tertiary/aromatic N) is 3. The average molecular weight is 450 g/mol. The SMILES string of the molecule is CC(C)Nc1ncnc2cc(OCc3ccncc3S(C)(=N)=O)c(Br)cc12. The molecule has 2 aromatic heterocycles. The van der Waals surface area contributed by atoms with Gasteiger partial charge in [-0.3, -0.25) is 4.98 Å². The van der Waals surface area contributed by atoms with Crippen molar-refractivity contribution in [1.29, 1.82) is 4.78 Å². The quantitative estimate of drug-likeness (QED) is 0.583. The van der Waals surface area contributed by atoms with Crippen LogP contribution < -0.4 is 10.1 Å². The van der Waals surface area contributed by atoms with E-state index >= 15 is 0 Å². The van der Waals surface area contributed by atoms with E-state index in [1.54, 1.807) is 12.3 Å². The van der Waals surface area contributed by atoms with Gasteiger partial charge in [0.2, 0.25) is 0 Å². The molecule has 0 amide bonds. The Labute approximate surface area is 166 Å². The Balaban J connectivity index is 1.92. The first kappa shape index (κ1) is 19.5. The first-order valence-electron chi connectivity index (χ1n) is 8.26. The molecule has 7 nitrogen and oxygen atoms in total. The van der Waals surface area contributed by atoms with Gasteiger partial charge in [-0.05, 0) is 41.9 Å². The molecule has 1 aromatic carbocycles.